The van der Waals surface area contributed by atoms with E-state index in [1.807, 2.05) is 6.07 Å². The lowest BCUT2D eigenvalue weighted by atomic mass is 10.1. The van der Waals surface area contributed by atoms with Crippen molar-refractivity contribution < 1.29 is 14.3 Å². The Morgan fingerprint density at radius 2 is 1.62 bits per heavy atom. The van der Waals surface area contributed by atoms with Gasteiger partial charge in [-0.1, -0.05) is 35.3 Å². The smallest absolute Gasteiger partial charge is 0.251 e. The van der Waals surface area contributed by atoms with Gasteiger partial charge in [0, 0.05) is 41.4 Å². The van der Waals surface area contributed by atoms with Crippen LogP contribution < -0.4 is 10.6 Å². The van der Waals surface area contributed by atoms with Crippen LogP contribution in [0.1, 0.15) is 26.3 Å². The maximum atomic E-state index is 12.3. The second kappa shape index (κ2) is 10.2. The Kier molecular flexibility index (Phi) is 7.91. The highest BCUT2D eigenvalue weighted by molar-refractivity contribution is 6.35. The number of methoxy groups -OCH3 is 1. The summed E-state index contributed by atoms with van der Waals surface area (Å²) in [5, 5.41) is 6.69. The predicted molar refractivity (Wildman–Crippen MR) is 103 cm³/mol. The molecule has 0 atom stereocenters. The monoisotopic (exact) mass is 394 g/mol. The number of amides is 2. The summed E-state index contributed by atoms with van der Waals surface area (Å²) in [6.45, 7) is 1.26. The van der Waals surface area contributed by atoms with Crippen LogP contribution in [0.15, 0.2) is 42.5 Å². The highest BCUT2D eigenvalue weighted by atomic mass is 35.5. The normalized spacial score (nSPS) is 10.4. The maximum absolute atomic E-state index is 12.3. The number of hydrogen-bond acceptors (Lipinski definition) is 3. The van der Waals surface area contributed by atoms with E-state index in [9.17, 15) is 9.59 Å². The first kappa shape index (κ1) is 20.2. The van der Waals surface area contributed by atoms with E-state index in [0.29, 0.717) is 47.3 Å². The van der Waals surface area contributed by atoms with Gasteiger partial charge in [0.1, 0.15) is 0 Å². The first-order valence-corrected chi connectivity index (χ1v) is 8.86. The summed E-state index contributed by atoms with van der Waals surface area (Å²) in [6, 6.07) is 11.8. The van der Waals surface area contributed by atoms with Gasteiger partial charge in [0.2, 0.25) is 0 Å². The lowest BCUT2D eigenvalue weighted by Crippen LogP contribution is -2.28. The van der Waals surface area contributed by atoms with Gasteiger partial charge in [-0.05, 0) is 42.3 Å². The second-order valence-electron chi connectivity index (χ2n) is 5.57. The fraction of sp³-hybridized carbons (Fsp3) is 0.263. The largest absolute Gasteiger partial charge is 0.383 e. The molecule has 2 aromatic carbocycles. The topological polar surface area (TPSA) is 67.4 Å². The van der Waals surface area contributed by atoms with Crippen molar-refractivity contribution in [2.24, 2.45) is 0 Å². The molecule has 2 aromatic rings. The first-order valence-electron chi connectivity index (χ1n) is 8.10. The van der Waals surface area contributed by atoms with Crippen molar-refractivity contribution in [1.29, 1.82) is 0 Å². The van der Waals surface area contributed by atoms with E-state index in [1.54, 1.807) is 43.5 Å². The van der Waals surface area contributed by atoms with E-state index in [0.717, 1.165) is 5.56 Å². The van der Waals surface area contributed by atoms with Gasteiger partial charge in [-0.25, -0.2) is 0 Å². The summed E-state index contributed by atoms with van der Waals surface area (Å²) in [6.07, 6.45) is 0.582. The third-order valence-electron chi connectivity index (χ3n) is 3.67. The summed E-state index contributed by atoms with van der Waals surface area (Å²) >= 11 is 12.0. The molecule has 0 fully saturated rings. The van der Waals surface area contributed by atoms with E-state index >= 15 is 0 Å². The summed E-state index contributed by atoms with van der Waals surface area (Å²) in [4.78, 5) is 24.3. The molecule has 0 spiro atoms. The summed E-state index contributed by atoms with van der Waals surface area (Å²) < 4.78 is 4.89. The minimum Gasteiger partial charge on any atom is -0.383 e. The van der Waals surface area contributed by atoms with Crippen molar-refractivity contribution >= 4 is 35.0 Å². The summed E-state index contributed by atoms with van der Waals surface area (Å²) in [5.41, 5.74) is 1.75. The van der Waals surface area contributed by atoms with E-state index in [2.05, 4.69) is 10.6 Å². The lowest BCUT2D eigenvalue weighted by Gasteiger charge is -2.09. The van der Waals surface area contributed by atoms with Gasteiger partial charge < -0.3 is 15.4 Å². The van der Waals surface area contributed by atoms with Gasteiger partial charge in [-0.15, -0.1) is 0 Å². The van der Waals surface area contributed by atoms with Gasteiger partial charge in [0.25, 0.3) is 11.8 Å². The van der Waals surface area contributed by atoms with Crippen LogP contribution in [0.4, 0.5) is 0 Å². The molecule has 138 valence electrons. The number of ether oxygens (including phenoxy) is 1. The van der Waals surface area contributed by atoms with E-state index in [4.69, 9.17) is 27.9 Å². The summed E-state index contributed by atoms with van der Waals surface area (Å²) in [5.74, 6) is -0.494. The Morgan fingerprint density at radius 1 is 0.962 bits per heavy atom. The van der Waals surface area contributed by atoms with Crippen molar-refractivity contribution in [2.75, 3.05) is 26.8 Å². The average Bonchev–Trinajstić information content (AvgIpc) is 2.63. The van der Waals surface area contributed by atoms with Crippen molar-refractivity contribution in [3.63, 3.8) is 0 Å². The average molecular weight is 395 g/mol. The van der Waals surface area contributed by atoms with Crippen LogP contribution in [0.2, 0.25) is 10.0 Å². The highest BCUT2D eigenvalue weighted by Crippen LogP contribution is 2.21. The quantitative estimate of drug-likeness (QED) is 0.674. The number of benzene rings is 2. The molecule has 0 aliphatic heterocycles. The maximum Gasteiger partial charge on any atom is 0.251 e. The molecule has 0 aromatic heterocycles. The van der Waals surface area contributed by atoms with Crippen LogP contribution in [0.3, 0.4) is 0 Å². The molecule has 2 N–H and O–H groups in total. The van der Waals surface area contributed by atoms with Crippen LogP contribution >= 0.6 is 23.2 Å². The van der Waals surface area contributed by atoms with Crippen LogP contribution in [0.5, 0.6) is 0 Å². The number of rotatable bonds is 8. The molecule has 0 saturated heterocycles. The highest BCUT2D eigenvalue weighted by Gasteiger charge is 2.10. The van der Waals surface area contributed by atoms with Gasteiger partial charge in [-0.3, -0.25) is 9.59 Å². The molecule has 2 rings (SSSR count). The fourth-order valence-corrected chi connectivity index (χ4v) is 2.81. The molecule has 0 heterocycles. The Bertz CT molecular complexity index is 781. The lowest BCUT2D eigenvalue weighted by molar-refractivity contribution is 0.0937. The van der Waals surface area contributed by atoms with Crippen LogP contribution in [-0.2, 0) is 11.2 Å². The molecule has 0 unspecified atom stereocenters. The predicted octanol–water partition coefficient (Wildman–Crippen LogP) is 3.34. The zero-order valence-corrected chi connectivity index (χ0v) is 15.9. The molecule has 0 saturated carbocycles. The Balaban J connectivity index is 1.90. The molecule has 0 radical (unpaired) electrons. The number of carbonyl (C=O) groups excluding carboxylic acids is 2. The first-order chi connectivity index (χ1) is 12.5. The van der Waals surface area contributed by atoms with Crippen molar-refractivity contribution in [3.8, 4) is 0 Å². The zero-order chi connectivity index (χ0) is 18.9. The van der Waals surface area contributed by atoms with Gasteiger partial charge >= 0.3 is 0 Å². The fourth-order valence-electron chi connectivity index (χ4n) is 2.31. The van der Waals surface area contributed by atoms with E-state index in [-0.39, 0.29) is 11.8 Å². The number of hydrogen-bond donors (Lipinski definition) is 2. The summed E-state index contributed by atoms with van der Waals surface area (Å²) in [7, 11) is 1.56. The van der Waals surface area contributed by atoms with Gasteiger partial charge in [-0.2, -0.15) is 0 Å². The molecular formula is C19H20Cl2N2O3. The van der Waals surface area contributed by atoms with Crippen LogP contribution in [0, 0.1) is 0 Å². The minimum absolute atomic E-state index is 0.246. The molecule has 0 aliphatic carbocycles. The number of carbonyl (C=O) groups is 2. The molecule has 0 aliphatic rings. The second-order valence-corrected chi connectivity index (χ2v) is 6.41. The van der Waals surface area contributed by atoms with E-state index in [1.165, 1.54) is 0 Å². The molecule has 7 heteroatoms. The molecular weight excluding hydrogens is 375 g/mol. The Labute approximate surface area is 162 Å². The third-order valence-corrected chi connectivity index (χ3v) is 4.26. The van der Waals surface area contributed by atoms with Gasteiger partial charge in [0.05, 0.1) is 6.61 Å². The Morgan fingerprint density at radius 3 is 2.23 bits per heavy atom. The van der Waals surface area contributed by atoms with Crippen molar-refractivity contribution in [3.05, 3.63) is 69.2 Å². The minimum atomic E-state index is -0.248. The third kappa shape index (κ3) is 6.02. The van der Waals surface area contributed by atoms with Crippen LogP contribution in [-0.4, -0.2) is 38.6 Å². The number of halogens is 2. The van der Waals surface area contributed by atoms with Crippen molar-refractivity contribution in [2.45, 2.75) is 6.42 Å². The van der Waals surface area contributed by atoms with Gasteiger partial charge in [0.15, 0.2) is 0 Å². The molecule has 0 bridgehead atoms. The zero-order valence-electron chi connectivity index (χ0n) is 14.4. The SMILES string of the molecule is COCCNC(=O)c1cccc(C(=O)NCCc2ccc(Cl)cc2Cl)c1. The number of nitrogens with one attached hydrogen (secondary N) is 2. The van der Waals surface area contributed by atoms with E-state index < -0.39 is 0 Å². The molecule has 5 nitrogen and oxygen atoms in total. The molecule has 26 heavy (non-hydrogen) atoms. The van der Waals surface area contributed by atoms with Crippen molar-refractivity contribution in [1.82, 2.24) is 10.6 Å². The van der Waals surface area contributed by atoms with Crippen LogP contribution in [0.25, 0.3) is 0 Å². The molecule has 2 amide bonds. The Hall–Kier alpha value is -2.08. The standard InChI is InChI=1S/C19H20Cl2N2O3/c1-26-10-9-23-19(25)15-4-2-3-14(11-15)18(24)22-8-7-13-5-6-16(20)12-17(13)21/h2-6,11-12H,7-10H2,1H3,(H,22,24)(H,23,25).